The molecule has 0 saturated carbocycles. The average molecular weight is 167 g/mol. The summed E-state index contributed by atoms with van der Waals surface area (Å²) in [6.07, 6.45) is 2.02. The highest BCUT2D eigenvalue weighted by Crippen LogP contribution is 2.45. The molecule has 12 heavy (non-hydrogen) atoms. The summed E-state index contributed by atoms with van der Waals surface area (Å²) in [5, 5.41) is 9.02. The van der Waals surface area contributed by atoms with Crippen molar-refractivity contribution < 1.29 is 4.74 Å². The smallest absolute Gasteiger partial charge is 0.0689 e. The Bertz CT molecular complexity index is 196. The zero-order valence-electron chi connectivity index (χ0n) is 8.18. The van der Waals surface area contributed by atoms with E-state index >= 15 is 0 Å². The van der Waals surface area contributed by atoms with E-state index in [1.165, 1.54) is 0 Å². The highest BCUT2D eigenvalue weighted by Gasteiger charge is 2.42. The maximum absolute atomic E-state index is 9.02. The van der Waals surface area contributed by atoms with E-state index < -0.39 is 0 Å². The van der Waals surface area contributed by atoms with Crippen LogP contribution in [0.25, 0.3) is 0 Å². The van der Waals surface area contributed by atoms with Crippen molar-refractivity contribution in [1.82, 2.24) is 0 Å². The summed E-state index contributed by atoms with van der Waals surface area (Å²) in [6, 6.07) is 2.40. The van der Waals surface area contributed by atoms with Gasteiger partial charge >= 0.3 is 0 Å². The van der Waals surface area contributed by atoms with E-state index in [1.807, 2.05) is 13.8 Å². The Morgan fingerprint density at radius 3 is 2.25 bits per heavy atom. The summed E-state index contributed by atoms with van der Waals surface area (Å²) in [6.45, 7) is 7.86. The molecule has 0 bridgehead atoms. The van der Waals surface area contributed by atoms with Gasteiger partial charge < -0.3 is 4.74 Å². The van der Waals surface area contributed by atoms with Crippen LogP contribution in [0.2, 0.25) is 0 Å². The van der Waals surface area contributed by atoms with Gasteiger partial charge in [-0.3, -0.25) is 0 Å². The molecule has 1 aliphatic heterocycles. The molecule has 0 unspecified atom stereocenters. The first-order chi connectivity index (χ1) is 5.52. The lowest BCUT2D eigenvalue weighted by Gasteiger charge is -2.42. The largest absolute Gasteiger partial charge is 0.381 e. The third-order valence-electron chi connectivity index (χ3n) is 3.38. The fourth-order valence-electron chi connectivity index (χ4n) is 1.58. The number of hydrogen-bond donors (Lipinski definition) is 0. The molecular formula is C10H17NO. The van der Waals surface area contributed by atoms with Crippen molar-refractivity contribution in [2.75, 3.05) is 13.2 Å². The van der Waals surface area contributed by atoms with Gasteiger partial charge in [0, 0.05) is 13.2 Å². The number of hydrogen-bond acceptors (Lipinski definition) is 2. The lowest BCUT2D eigenvalue weighted by atomic mass is 9.63. The Labute approximate surface area is 74.5 Å². The second-order valence-electron chi connectivity index (χ2n) is 4.41. The highest BCUT2D eigenvalue weighted by atomic mass is 16.5. The maximum Gasteiger partial charge on any atom is 0.0689 e. The fraction of sp³-hybridized carbons (Fsp3) is 0.900. The van der Waals surface area contributed by atoms with Gasteiger partial charge in [0.25, 0.3) is 0 Å². The minimum Gasteiger partial charge on any atom is -0.381 e. The number of rotatable bonds is 1. The van der Waals surface area contributed by atoms with Crippen LogP contribution >= 0.6 is 0 Å². The molecule has 0 atom stereocenters. The molecule has 1 aliphatic rings. The van der Waals surface area contributed by atoms with Crippen LogP contribution < -0.4 is 0 Å². The summed E-state index contributed by atoms with van der Waals surface area (Å²) < 4.78 is 5.30. The van der Waals surface area contributed by atoms with Crippen LogP contribution in [-0.4, -0.2) is 13.2 Å². The van der Waals surface area contributed by atoms with Crippen molar-refractivity contribution in [3.05, 3.63) is 0 Å². The van der Waals surface area contributed by atoms with E-state index in [1.54, 1.807) is 0 Å². The standard InChI is InChI=1S/C10H17NO/c1-9(2,8-11)10(3)4-6-12-7-5-10/h4-7H2,1-3H3. The van der Waals surface area contributed by atoms with Gasteiger partial charge in [0.15, 0.2) is 0 Å². The first kappa shape index (κ1) is 9.54. The molecule has 0 radical (unpaired) electrons. The molecule has 1 rings (SSSR count). The van der Waals surface area contributed by atoms with Crippen LogP contribution in [0, 0.1) is 22.2 Å². The van der Waals surface area contributed by atoms with Gasteiger partial charge in [-0.25, -0.2) is 0 Å². The zero-order chi connectivity index (χ0) is 9.24. The van der Waals surface area contributed by atoms with Gasteiger partial charge in [0.2, 0.25) is 0 Å². The van der Waals surface area contributed by atoms with E-state index in [-0.39, 0.29) is 10.8 Å². The Morgan fingerprint density at radius 2 is 1.83 bits per heavy atom. The molecule has 0 amide bonds. The summed E-state index contributed by atoms with van der Waals surface area (Å²) in [4.78, 5) is 0. The van der Waals surface area contributed by atoms with Crippen LogP contribution in [0.15, 0.2) is 0 Å². The lowest BCUT2D eigenvalue weighted by molar-refractivity contribution is -0.0205. The van der Waals surface area contributed by atoms with Crippen molar-refractivity contribution >= 4 is 0 Å². The second kappa shape index (κ2) is 3.06. The van der Waals surface area contributed by atoms with Crippen LogP contribution in [0.4, 0.5) is 0 Å². The Hall–Kier alpha value is -0.550. The van der Waals surface area contributed by atoms with Crippen LogP contribution in [0.1, 0.15) is 33.6 Å². The van der Waals surface area contributed by atoms with E-state index in [2.05, 4.69) is 13.0 Å². The lowest BCUT2D eigenvalue weighted by Crippen LogP contribution is -2.39. The fourth-order valence-corrected chi connectivity index (χ4v) is 1.58. The third-order valence-corrected chi connectivity index (χ3v) is 3.38. The quantitative estimate of drug-likeness (QED) is 0.600. The minimum atomic E-state index is -0.225. The molecule has 2 heteroatoms. The Balaban J connectivity index is 2.76. The molecule has 2 nitrogen and oxygen atoms in total. The van der Waals surface area contributed by atoms with Crippen molar-refractivity contribution in [3.8, 4) is 6.07 Å². The van der Waals surface area contributed by atoms with Gasteiger partial charge in [0.1, 0.15) is 0 Å². The van der Waals surface area contributed by atoms with Gasteiger partial charge in [-0.05, 0) is 32.1 Å². The second-order valence-corrected chi connectivity index (χ2v) is 4.41. The van der Waals surface area contributed by atoms with Gasteiger partial charge in [-0.1, -0.05) is 6.92 Å². The van der Waals surface area contributed by atoms with Crippen LogP contribution in [0.5, 0.6) is 0 Å². The van der Waals surface area contributed by atoms with Crippen molar-refractivity contribution in [2.45, 2.75) is 33.6 Å². The van der Waals surface area contributed by atoms with Gasteiger partial charge in [-0.2, -0.15) is 5.26 Å². The number of nitrogens with zero attached hydrogens (tertiary/aromatic N) is 1. The zero-order valence-corrected chi connectivity index (χ0v) is 8.18. The first-order valence-corrected chi connectivity index (χ1v) is 4.51. The predicted molar refractivity (Wildman–Crippen MR) is 47.6 cm³/mol. The average Bonchev–Trinajstić information content (AvgIpc) is 2.06. The molecule has 0 aliphatic carbocycles. The molecular weight excluding hydrogens is 150 g/mol. The molecule has 1 fully saturated rings. The summed E-state index contributed by atoms with van der Waals surface area (Å²) in [7, 11) is 0. The van der Waals surface area contributed by atoms with Crippen molar-refractivity contribution in [2.24, 2.45) is 10.8 Å². The van der Waals surface area contributed by atoms with E-state index in [9.17, 15) is 0 Å². The normalized spacial score (nSPS) is 23.2. The Morgan fingerprint density at radius 1 is 1.33 bits per heavy atom. The third kappa shape index (κ3) is 1.47. The summed E-state index contributed by atoms with van der Waals surface area (Å²) in [5.41, 5.74) is -0.0865. The number of ether oxygens (including phenoxy) is 1. The molecule has 0 aromatic carbocycles. The molecule has 0 aromatic rings. The van der Waals surface area contributed by atoms with E-state index in [4.69, 9.17) is 10.00 Å². The molecule has 1 heterocycles. The predicted octanol–water partition coefficient (Wildman–Crippen LogP) is 2.35. The first-order valence-electron chi connectivity index (χ1n) is 4.51. The molecule has 0 aromatic heterocycles. The SMILES string of the molecule is CC(C)(C#N)C1(C)CCOCC1. The van der Waals surface area contributed by atoms with E-state index in [0.29, 0.717) is 0 Å². The topological polar surface area (TPSA) is 33.0 Å². The van der Waals surface area contributed by atoms with Crippen LogP contribution in [0.3, 0.4) is 0 Å². The molecule has 0 spiro atoms. The van der Waals surface area contributed by atoms with Crippen LogP contribution in [-0.2, 0) is 4.74 Å². The van der Waals surface area contributed by atoms with Gasteiger partial charge in [0.05, 0.1) is 11.5 Å². The number of nitriles is 1. The minimum absolute atomic E-state index is 0.139. The van der Waals surface area contributed by atoms with Crippen molar-refractivity contribution in [3.63, 3.8) is 0 Å². The highest BCUT2D eigenvalue weighted by molar-refractivity contribution is 5.04. The molecule has 68 valence electrons. The Kier molecular flexibility index (Phi) is 2.44. The summed E-state index contributed by atoms with van der Waals surface area (Å²) in [5.74, 6) is 0. The molecule has 1 saturated heterocycles. The summed E-state index contributed by atoms with van der Waals surface area (Å²) >= 11 is 0. The monoisotopic (exact) mass is 167 g/mol. The van der Waals surface area contributed by atoms with E-state index in [0.717, 1.165) is 26.1 Å². The van der Waals surface area contributed by atoms with Gasteiger partial charge in [-0.15, -0.1) is 0 Å². The molecule has 0 N–H and O–H groups in total. The van der Waals surface area contributed by atoms with Crippen molar-refractivity contribution in [1.29, 1.82) is 5.26 Å². The maximum atomic E-state index is 9.02.